The van der Waals surface area contributed by atoms with Crippen molar-refractivity contribution in [2.24, 2.45) is 11.3 Å². The third-order valence-corrected chi connectivity index (χ3v) is 3.14. The number of carbonyl (C=O) groups excluding carboxylic acids is 2. The van der Waals surface area contributed by atoms with Crippen LogP contribution >= 0.6 is 0 Å². The predicted octanol–water partition coefficient (Wildman–Crippen LogP) is 1.19. The highest BCUT2D eigenvalue weighted by molar-refractivity contribution is 5.89. The normalized spacial score (nSPS) is 13.5. The Morgan fingerprint density at radius 3 is 1.95 bits per heavy atom. The van der Waals surface area contributed by atoms with E-state index in [0.717, 1.165) is 6.54 Å². The lowest BCUT2D eigenvalue weighted by molar-refractivity contribution is -0.146. The van der Waals surface area contributed by atoms with Crippen molar-refractivity contribution in [2.75, 3.05) is 34.2 Å². The first-order valence-corrected chi connectivity index (χ1v) is 7.18. The van der Waals surface area contributed by atoms with Crippen molar-refractivity contribution in [1.82, 2.24) is 15.1 Å². The Labute approximate surface area is 123 Å². The highest BCUT2D eigenvalue weighted by Crippen LogP contribution is 2.20. The molecule has 2 amide bonds. The molecule has 0 aromatic carbocycles. The molecule has 5 heteroatoms. The van der Waals surface area contributed by atoms with E-state index in [0.29, 0.717) is 6.54 Å². The number of carbonyl (C=O) groups is 2. The minimum absolute atomic E-state index is 0.0149. The van der Waals surface area contributed by atoms with E-state index < -0.39 is 11.5 Å². The predicted molar refractivity (Wildman–Crippen MR) is 82.4 cm³/mol. The van der Waals surface area contributed by atoms with Gasteiger partial charge in [-0.1, -0.05) is 34.6 Å². The van der Waals surface area contributed by atoms with Crippen LogP contribution in [0.25, 0.3) is 0 Å². The first-order valence-electron chi connectivity index (χ1n) is 7.18. The quantitative estimate of drug-likeness (QED) is 0.797. The van der Waals surface area contributed by atoms with Crippen LogP contribution in [0.15, 0.2) is 0 Å². The number of nitrogens with zero attached hydrogens (tertiary/aromatic N) is 2. The Kier molecular flexibility index (Phi) is 7.20. The van der Waals surface area contributed by atoms with Gasteiger partial charge in [0.05, 0.1) is 0 Å². The second-order valence-electron chi connectivity index (χ2n) is 6.95. The maximum atomic E-state index is 12.3. The van der Waals surface area contributed by atoms with E-state index in [1.165, 1.54) is 0 Å². The summed E-state index contributed by atoms with van der Waals surface area (Å²) < 4.78 is 0. The fourth-order valence-corrected chi connectivity index (χ4v) is 2.09. The molecular weight excluding hydrogens is 254 g/mol. The number of rotatable bonds is 6. The van der Waals surface area contributed by atoms with E-state index in [9.17, 15) is 9.59 Å². The molecule has 0 heterocycles. The minimum Gasteiger partial charge on any atom is -0.353 e. The summed E-state index contributed by atoms with van der Waals surface area (Å²) in [6.07, 6.45) is 0. The van der Waals surface area contributed by atoms with Gasteiger partial charge in [-0.25, -0.2) is 0 Å². The van der Waals surface area contributed by atoms with Gasteiger partial charge in [-0.3, -0.25) is 9.59 Å². The third-order valence-electron chi connectivity index (χ3n) is 3.14. The number of nitrogens with one attached hydrogen (secondary N) is 1. The van der Waals surface area contributed by atoms with Gasteiger partial charge in [0.15, 0.2) is 0 Å². The summed E-state index contributed by atoms with van der Waals surface area (Å²) in [4.78, 5) is 28.2. The van der Waals surface area contributed by atoms with Gasteiger partial charge in [0.1, 0.15) is 6.04 Å². The average molecular weight is 285 g/mol. The van der Waals surface area contributed by atoms with Crippen molar-refractivity contribution in [3.05, 3.63) is 0 Å². The minimum atomic E-state index is -0.480. The van der Waals surface area contributed by atoms with E-state index >= 15 is 0 Å². The fraction of sp³-hybridized carbons (Fsp3) is 0.867. The second-order valence-corrected chi connectivity index (χ2v) is 6.95. The van der Waals surface area contributed by atoms with Crippen LogP contribution < -0.4 is 5.32 Å². The molecule has 1 N–H and O–H groups in total. The maximum Gasteiger partial charge on any atom is 0.243 e. The van der Waals surface area contributed by atoms with Crippen LogP contribution in [0, 0.1) is 11.3 Å². The number of amides is 2. The third kappa shape index (κ3) is 5.90. The standard InChI is InChI=1S/C15H31N3O2/c1-11(2)12(13(19)16-9-10-17(6)7)18(8)14(20)15(3,4)5/h11-12H,9-10H2,1-8H3,(H,16,19). The molecule has 0 aliphatic heterocycles. The van der Waals surface area contributed by atoms with Gasteiger partial charge >= 0.3 is 0 Å². The molecule has 0 radical (unpaired) electrons. The van der Waals surface area contributed by atoms with Crippen molar-refractivity contribution in [2.45, 2.75) is 40.7 Å². The van der Waals surface area contributed by atoms with Gasteiger partial charge in [-0.2, -0.15) is 0 Å². The Morgan fingerprint density at radius 1 is 1.10 bits per heavy atom. The number of hydrogen-bond donors (Lipinski definition) is 1. The van der Waals surface area contributed by atoms with Gasteiger partial charge in [0, 0.05) is 25.6 Å². The van der Waals surface area contributed by atoms with E-state index in [4.69, 9.17) is 0 Å². The largest absolute Gasteiger partial charge is 0.353 e. The van der Waals surface area contributed by atoms with Gasteiger partial charge in [-0.05, 0) is 20.0 Å². The molecule has 0 spiro atoms. The lowest BCUT2D eigenvalue weighted by Gasteiger charge is -2.34. The zero-order chi connectivity index (χ0) is 16.1. The van der Waals surface area contributed by atoms with E-state index in [1.807, 2.05) is 53.6 Å². The first kappa shape index (κ1) is 18.9. The van der Waals surface area contributed by atoms with Crippen molar-refractivity contribution < 1.29 is 9.59 Å². The zero-order valence-electron chi connectivity index (χ0n) is 14.3. The smallest absolute Gasteiger partial charge is 0.243 e. The van der Waals surface area contributed by atoms with Crippen molar-refractivity contribution in [3.8, 4) is 0 Å². The van der Waals surface area contributed by atoms with Crippen LogP contribution in [0.1, 0.15) is 34.6 Å². The molecule has 0 rings (SSSR count). The molecule has 0 aromatic heterocycles. The van der Waals surface area contributed by atoms with Crippen LogP contribution in [-0.4, -0.2) is 61.9 Å². The molecule has 0 saturated carbocycles. The van der Waals surface area contributed by atoms with Crippen LogP contribution in [0.5, 0.6) is 0 Å². The van der Waals surface area contributed by atoms with Gasteiger partial charge in [-0.15, -0.1) is 0 Å². The molecule has 5 nitrogen and oxygen atoms in total. The highest BCUT2D eigenvalue weighted by Gasteiger charge is 2.34. The second kappa shape index (κ2) is 7.62. The Balaban J connectivity index is 4.80. The molecule has 1 atom stereocenters. The highest BCUT2D eigenvalue weighted by atomic mass is 16.2. The molecule has 0 aromatic rings. The summed E-state index contributed by atoms with van der Waals surface area (Å²) in [5.41, 5.74) is -0.480. The Bertz CT molecular complexity index is 333. The molecule has 1 unspecified atom stereocenters. The number of likely N-dealkylation sites (N-methyl/N-ethyl adjacent to an activating group) is 2. The van der Waals surface area contributed by atoms with Crippen LogP contribution in [0.2, 0.25) is 0 Å². The fourth-order valence-electron chi connectivity index (χ4n) is 2.09. The lowest BCUT2D eigenvalue weighted by atomic mass is 9.92. The van der Waals surface area contributed by atoms with Crippen molar-refractivity contribution in [3.63, 3.8) is 0 Å². The summed E-state index contributed by atoms with van der Waals surface area (Å²) in [6.45, 7) is 10.9. The summed E-state index contributed by atoms with van der Waals surface area (Å²) in [5, 5.41) is 2.91. The average Bonchev–Trinajstić information content (AvgIpc) is 2.25. The van der Waals surface area contributed by atoms with E-state index in [2.05, 4.69) is 5.32 Å². The van der Waals surface area contributed by atoms with Gasteiger partial charge < -0.3 is 15.1 Å². The van der Waals surface area contributed by atoms with Crippen LogP contribution in [0.4, 0.5) is 0 Å². The monoisotopic (exact) mass is 285 g/mol. The molecule has 0 bridgehead atoms. The molecule has 0 aliphatic carbocycles. The van der Waals surface area contributed by atoms with Crippen LogP contribution in [0.3, 0.4) is 0 Å². The van der Waals surface area contributed by atoms with Gasteiger partial charge in [0.25, 0.3) is 0 Å². The summed E-state index contributed by atoms with van der Waals surface area (Å²) >= 11 is 0. The molecule has 0 aliphatic rings. The molecule has 118 valence electrons. The van der Waals surface area contributed by atoms with E-state index in [-0.39, 0.29) is 17.7 Å². The number of hydrogen-bond acceptors (Lipinski definition) is 3. The maximum absolute atomic E-state index is 12.3. The van der Waals surface area contributed by atoms with Crippen molar-refractivity contribution >= 4 is 11.8 Å². The van der Waals surface area contributed by atoms with Gasteiger partial charge in [0.2, 0.25) is 11.8 Å². The van der Waals surface area contributed by atoms with Crippen molar-refractivity contribution in [1.29, 1.82) is 0 Å². The Hall–Kier alpha value is -1.10. The molecule has 20 heavy (non-hydrogen) atoms. The SMILES string of the molecule is CC(C)C(C(=O)NCCN(C)C)N(C)C(=O)C(C)(C)C. The van der Waals surface area contributed by atoms with Crippen LogP contribution in [-0.2, 0) is 9.59 Å². The molecule has 0 fully saturated rings. The summed E-state index contributed by atoms with van der Waals surface area (Å²) in [7, 11) is 5.63. The lowest BCUT2D eigenvalue weighted by Crippen LogP contribution is -2.53. The zero-order valence-corrected chi connectivity index (χ0v) is 14.3. The molecular formula is C15H31N3O2. The van der Waals surface area contributed by atoms with E-state index in [1.54, 1.807) is 11.9 Å². The first-order chi connectivity index (χ1) is 8.98. The molecule has 0 saturated heterocycles. The summed E-state index contributed by atoms with van der Waals surface area (Å²) in [5.74, 6) is -0.0217. The Morgan fingerprint density at radius 2 is 1.60 bits per heavy atom. The summed E-state index contributed by atoms with van der Waals surface area (Å²) in [6, 6.07) is -0.427. The topological polar surface area (TPSA) is 52.7 Å².